The van der Waals surface area contributed by atoms with Gasteiger partial charge in [-0.1, -0.05) is 0 Å². The average molecular weight is 196 g/mol. The molecule has 3 nitrogen and oxygen atoms in total. The Labute approximate surface area is 86.4 Å². The lowest BCUT2D eigenvalue weighted by Gasteiger charge is -2.29. The molecule has 14 heavy (non-hydrogen) atoms. The number of unbranched alkanes of at least 4 members (excludes halogenated alkanes) is 1. The minimum absolute atomic E-state index is 0.267. The molecule has 0 aromatic carbocycles. The zero-order valence-electron chi connectivity index (χ0n) is 8.67. The quantitative estimate of drug-likeness (QED) is 0.300. The summed E-state index contributed by atoms with van der Waals surface area (Å²) in [6, 6.07) is 0.267. The predicted molar refractivity (Wildman–Crippen MR) is 57.4 cm³/mol. The van der Waals surface area contributed by atoms with Crippen molar-refractivity contribution in [3.05, 3.63) is 0 Å². The Morgan fingerprint density at radius 2 is 2.43 bits per heavy atom. The van der Waals surface area contributed by atoms with E-state index in [0.717, 1.165) is 32.3 Å². The van der Waals surface area contributed by atoms with Crippen LogP contribution >= 0.6 is 0 Å². The van der Waals surface area contributed by atoms with Crippen molar-refractivity contribution in [1.29, 1.82) is 0 Å². The van der Waals surface area contributed by atoms with Gasteiger partial charge in [-0.3, -0.25) is 11.3 Å². The predicted octanol–water partition coefficient (Wildman–Crippen LogP) is 1.19. The van der Waals surface area contributed by atoms with E-state index in [-0.39, 0.29) is 12.1 Å². The number of ether oxygens (including phenoxy) is 1. The molecule has 1 heterocycles. The summed E-state index contributed by atoms with van der Waals surface area (Å²) in [6.45, 7) is 0.873. The molecule has 0 aliphatic carbocycles. The maximum Gasteiger partial charge on any atom is 0.0741 e. The van der Waals surface area contributed by atoms with E-state index in [2.05, 4.69) is 11.3 Å². The Kier molecular flexibility index (Phi) is 5.62. The van der Waals surface area contributed by atoms with Gasteiger partial charge in [0.25, 0.3) is 0 Å². The Balaban J connectivity index is 2.25. The number of hydrazine groups is 1. The van der Waals surface area contributed by atoms with Gasteiger partial charge in [0.15, 0.2) is 0 Å². The van der Waals surface area contributed by atoms with E-state index >= 15 is 0 Å². The van der Waals surface area contributed by atoms with Crippen molar-refractivity contribution in [2.24, 2.45) is 5.84 Å². The molecule has 1 saturated heterocycles. The first kappa shape index (κ1) is 11.5. The van der Waals surface area contributed by atoms with Gasteiger partial charge in [-0.15, -0.1) is 12.3 Å². The van der Waals surface area contributed by atoms with E-state index in [1.807, 2.05) is 0 Å². The maximum atomic E-state index is 5.67. The first-order valence-corrected chi connectivity index (χ1v) is 5.39. The van der Waals surface area contributed by atoms with Crippen molar-refractivity contribution in [2.75, 3.05) is 6.61 Å². The summed E-state index contributed by atoms with van der Waals surface area (Å²) in [5.41, 5.74) is 2.84. The molecule has 1 aliphatic rings. The number of hydrogen-bond donors (Lipinski definition) is 2. The molecule has 0 aromatic rings. The molecule has 0 aromatic heterocycles. The van der Waals surface area contributed by atoms with Crippen molar-refractivity contribution < 1.29 is 4.74 Å². The number of hydrogen-bond acceptors (Lipinski definition) is 3. The molecule has 3 N–H and O–H groups in total. The molecule has 1 fully saturated rings. The molecule has 0 spiro atoms. The van der Waals surface area contributed by atoms with Crippen LogP contribution in [0.2, 0.25) is 0 Å². The third-order valence-electron chi connectivity index (χ3n) is 2.71. The Hall–Kier alpha value is -0.560. The van der Waals surface area contributed by atoms with E-state index in [1.54, 1.807) is 0 Å². The summed E-state index contributed by atoms with van der Waals surface area (Å²) in [7, 11) is 0. The lowest BCUT2D eigenvalue weighted by atomic mass is 9.98. The number of nitrogens with two attached hydrogens (primary N) is 1. The molecule has 0 radical (unpaired) electrons. The van der Waals surface area contributed by atoms with Gasteiger partial charge in [-0.25, -0.2) is 0 Å². The smallest absolute Gasteiger partial charge is 0.0741 e. The van der Waals surface area contributed by atoms with E-state index in [1.165, 1.54) is 12.8 Å². The van der Waals surface area contributed by atoms with Gasteiger partial charge in [0.1, 0.15) is 0 Å². The zero-order valence-corrected chi connectivity index (χ0v) is 8.67. The van der Waals surface area contributed by atoms with Crippen molar-refractivity contribution in [3.63, 3.8) is 0 Å². The Morgan fingerprint density at radius 1 is 1.57 bits per heavy atom. The second-order valence-electron chi connectivity index (χ2n) is 3.77. The van der Waals surface area contributed by atoms with E-state index in [0.29, 0.717) is 0 Å². The fraction of sp³-hybridized carbons (Fsp3) is 0.818. The summed E-state index contributed by atoms with van der Waals surface area (Å²) >= 11 is 0. The SMILES string of the molecule is C#CCCCC(NN)C1CCCCO1. The summed E-state index contributed by atoms with van der Waals surface area (Å²) in [6.07, 6.45) is 11.9. The van der Waals surface area contributed by atoms with Crippen molar-refractivity contribution >= 4 is 0 Å². The highest BCUT2D eigenvalue weighted by molar-refractivity contribution is 4.85. The highest BCUT2D eigenvalue weighted by Gasteiger charge is 2.22. The molecule has 0 amide bonds. The van der Waals surface area contributed by atoms with Gasteiger partial charge in [0, 0.05) is 19.1 Å². The molecular weight excluding hydrogens is 176 g/mol. The minimum Gasteiger partial charge on any atom is -0.377 e. The van der Waals surface area contributed by atoms with Crippen LogP contribution in [0, 0.1) is 12.3 Å². The molecule has 0 bridgehead atoms. The summed E-state index contributed by atoms with van der Waals surface area (Å²) in [5, 5.41) is 0. The van der Waals surface area contributed by atoms with Gasteiger partial charge in [0.2, 0.25) is 0 Å². The summed E-state index contributed by atoms with van der Waals surface area (Å²) < 4.78 is 5.67. The number of terminal acetylenes is 1. The maximum absolute atomic E-state index is 5.67. The van der Waals surface area contributed by atoms with Crippen molar-refractivity contribution in [2.45, 2.75) is 50.7 Å². The van der Waals surface area contributed by atoms with Crippen LogP contribution in [0.1, 0.15) is 38.5 Å². The molecule has 0 saturated carbocycles. The topological polar surface area (TPSA) is 47.3 Å². The normalized spacial score (nSPS) is 24.1. The first-order chi connectivity index (χ1) is 6.88. The van der Waals surface area contributed by atoms with Crippen LogP contribution in [0.4, 0.5) is 0 Å². The van der Waals surface area contributed by atoms with Crippen molar-refractivity contribution in [1.82, 2.24) is 5.43 Å². The van der Waals surface area contributed by atoms with E-state index in [9.17, 15) is 0 Å². The standard InChI is InChI=1S/C11H20N2O/c1-2-3-4-7-10(13-12)11-8-5-6-9-14-11/h1,10-11,13H,3-9,12H2. The van der Waals surface area contributed by atoms with Gasteiger partial charge in [-0.2, -0.15) is 0 Å². The Bertz CT molecular complexity index is 182. The number of nitrogens with one attached hydrogen (secondary N) is 1. The molecule has 1 aliphatic heterocycles. The van der Waals surface area contributed by atoms with Crippen LogP contribution < -0.4 is 11.3 Å². The van der Waals surface area contributed by atoms with Crippen LogP contribution in [0.25, 0.3) is 0 Å². The van der Waals surface area contributed by atoms with Gasteiger partial charge >= 0.3 is 0 Å². The minimum atomic E-state index is 0.267. The second-order valence-corrected chi connectivity index (χ2v) is 3.77. The van der Waals surface area contributed by atoms with E-state index < -0.39 is 0 Å². The third kappa shape index (κ3) is 3.67. The van der Waals surface area contributed by atoms with Gasteiger partial charge in [0.05, 0.1) is 6.10 Å². The van der Waals surface area contributed by atoms with Crippen LogP contribution in [-0.4, -0.2) is 18.8 Å². The summed E-state index contributed by atoms with van der Waals surface area (Å²) in [5.74, 6) is 8.14. The number of rotatable bonds is 5. The third-order valence-corrected chi connectivity index (χ3v) is 2.71. The van der Waals surface area contributed by atoms with Crippen LogP contribution in [0.15, 0.2) is 0 Å². The largest absolute Gasteiger partial charge is 0.377 e. The molecule has 2 atom stereocenters. The van der Waals surface area contributed by atoms with E-state index in [4.69, 9.17) is 17.0 Å². The molecule has 3 heteroatoms. The lowest BCUT2D eigenvalue weighted by Crippen LogP contribution is -2.46. The van der Waals surface area contributed by atoms with Crippen LogP contribution in [-0.2, 0) is 4.74 Å². The van der Waals surface area contributed by atoms with Gasteiger partial charge in [-0.05, 0) is 32.1 Å². The molecule has 80 valence electrons. The monoisotopic (exact) mass is 196 g/mol. The van der Waals surface area contributed by atoms with Gasteiger partial charge < -0.3 is 4.74 Å². The second kappa shape index (κ2) is 6.83. The zero-order chi connectivity index (χ0) is 10.2. The fourth-order valence-electron chi connectivity index (χ4n) is 1.88. The Morgan fingerprint density at radius 3 is 3.00 bits per heavy atom. The average Bonchev–Trinajstić information content (AvgIpc) is 2.26. The lowest BCUT2D eigenvalue weighted by molar-refractivity contribution is -0.00958. The van der Waals surface area contributed by atoms with Crippen molar-refractivity contribution in [3.8, 4) is 12.3 Å². The highest BCUT2D eigenvalue weighted by atomic mass is 16.5. The highest BCUT2D eigenvalue weighted by Crippen LogP contribution is 2.18. The van der Waals surface area contributed by atoms with Crippen LogP contribution in [0.3, 0.4) is 0 Å². The molecular formula is C11H20N2O. The molecule has 1 rings (SSSR count). The van der Waals surface area contributed by atoms with Crippen LogP contribution in [0.5, 0.6) is 0 Å². The fourth-order valence-corrected chi connectivity index (χ4v) is 1.88. The molecule has 2 unspecified atom stereocenters. The first-order valence-electron chi connectivity index (χ1n) is 5.39. The summed E-state index contributed by atoms with van der Waals surface area (Å²) in [4.78, 5) is 0.